The van der Waals surface area contributed by atoms with Gasteiger partial charge >= 0.3 is 12.0 Å². The number of carbonyl (C=O) groups is 2. The second-order valence-corrected chi connectivity index (χ2v) is 7.21. The van der Waals surface area contributed by atoms with Gasteiger partial charge in [0.15, 0.2) is 0 Å². The van der Waals surface area contributed by atoms with Gasteiger partial charge in [-0.2, -0.15) is 11.8 Å². The van der Waals surface area contributed by atoms with Gasteiger partial charge in [-0.1, -0.05) is 6.92 Å². The minimum atomic E-state index is -0.758. The molecule has 2 aliphatic rings. The highest BCUT2D eigenvalue weighted by Gasteiger charge is 2.51. The van der Waals surface area contributed by atoms with E-state index in [1.807, 2.05) is 13.3 Å². The molecule has 2 saturated carbocycles. The average molecular weight is 314 g/mol. The smallest absolute Gasteiger partial charge is 0.317 e. The number of urea groups is 1. The van der Waals surface area contributed by atoms with E-state index in [2.05, 4.69) is 12.2 Å². The Kier molecular flexibility index (Phi) is 5.41. The number of hydrogen-bond donors (Lipinski definition) is 2. The van der Waals surface area contributed by atoms with E-state index >= 15 is 0 Å². The summed E-state index contributed by atoms with van der Waals surface area (Å²) in [7, 11) is 1.81. The number of carboxylic acid groups (broad SMARTS) is 1. The zero-order valence-electron chi connectivity index (χ0n) is 13.0. The Balaban J connectivity index is 1.99. The van der Waals surface area contributed by atoms with E-state index in [1.54, 1.807) is 16.7 Å². The first-order chi connectivity index (χ1) is 9.99. The number of carbonyl (C=O) groups excluding carboxylic acids is 1. The highest BCUT2D eigenvalue weighted by molar-refractivity contribution is 7.98. The molecule has 2 aliphatic carbocycles. The Labute approximate surface area is 130 Å². The standard InChI is InChI=1S/C15H26N2O3S/c1-4-11(8-21-3)17(2)15(20)16-13-10-6-5-9(7-10)12(13)14(18)19/h9-13H,4-8H2,1-3H3,(H,16,20)(H,18,19). The molecule has 2 amide bonds. The van der Waals surface area contributed by atoms with Gasteiger partial charge in [0.1, 0.15) is 0 Å². The van der Waals surface area contributed by atoms with Crippen LogP contribution in [0.15, 0.2) is 0 Å². The molecule has 0 aliphatic heterocycles. The summed E-state index contributed by atoms with van der Waals surface area (Å²) in [4.78, 5) is 25.6. The molecule has 0 aromatic heterocycles. The number of hydrogen-bond acceptors (Lipinski definition) is 3. The maximum Gasteiger partial charge on any atom is 0.317 e. The van der Waals surface area contributed by atoms with Crippen molar-refractivity contribution in [3.63, 3.8) is 0 Å². The minimum absolute atomic E-state index is 0.125. The molecule has 6 heteroatoms. The highest BCUT2D eigenvalue weighted by atomic mass is 32.2. The zero-order chi connectivity index (χ0) is 15.6. The van der Waals surface area contributed by atoms with Gasteiger partial charge < -0.3 is 15.3 Å². The van der Waals surface area contributed by atoms with Crippen molar-refractivity contribution in [2.24, 2.45) is 17.8 Å². The first kappa shape index (κ1) is 16.5. The largest absolute Gasteiger partial charge is 0.481 e. The van der Waals surface area contributed by atoms with Crippen LogP contribution in [0.5, 0.6) is 0 Å². The first-order valence-corrected chi connectivity index (χ1v) is 9.14. The van der Waals surface area contributed by atoms with Crippen molar-refractivity contribution in [2.75, 3.05) is 19.1 Å². The number of aliphatic carboxylic acids is 1. The molecule has 0 aromatic carbocycles. The number of amides is 2. The summed E-state index contributed by atoms with van der Waals surface area (Å²) in [6.07, 6.45) is 5.93. The summed E-state index contributed by atoms with van der Waals surface area (Å²) in [6, 6.07) is -0.121. The van der Waals surface area contributed by atoms with Crippen molar-refractivity contribution >= 4 is 23.8 Å². The van der Waals surface area contributed by atoms with Gasteiger partial charge in [-0.15, -0.1) is 0 Å². The third-order valence-corrected chi connectivity index (χ3v) is 5.91. The van der Waals surface area contributed by atoms with Crippen molar-refractivity contribution in [2.45, 2.75) is 44.7 Å². The lowest BCUT2D eigenvalue weighted by Gasteiger charge is -2.33. The first-order valence-electron chi connectivity index (χ1n) is 7.74. The van der Waals surface area contributed by atoms with E-state index in [0.29, 0.717) is 5.92 Å². The fourth-order valence-corrected chi connectivity index (χ4v) is 4.80. The van der Waals surface area contributed by atoms with Crippen molar-refractivity contribution in [1.29, 1.82) is 0 Å². The Bertz CT molecular complexity index is 404. The molecular formula is C15H26N2O3S. The van der Waals surface area contributed by atoms with E-state index in [9.17, 15) is 14.7 Å². The molecule has 21 heavy (non-hydrogen) atoms. The minimum Gasteiger partial charge on any atom is -0.481 e. The number of thioether (sulfide) groups is 1. The third-order valence-electron chi connectivity index (χ3n) is 5.19. The number of fused-ring (bicyclic) bond motifs is 2. The van der Waals surface area contributed by atoms with Gasteiger partial charge in [0, 0.05) is 24.9 Å². The second kappa shape index (κ2) is 6.90. The number of nitrogens with zero attached hydrogens (tertiary/aromatic N) is 1. The maximum atomic E-state index is 12.4. The van der Waals surface area contributed by atoms with Crippen LogP contribution in [0.4, 0.5) is 4.79 Å². The number of rotatable bonds is 6. The van der Waals surface area contributed by atoms with Crippen LogP contribution in [0.3, 0.4) is 0 Å². The molecule has 5 nitrogen and oxygen atoms in total. The summed E-state index contributed by atoms with van der Waals surface area (Å²) >= 11 is 1.72. The lowest BCUT2D eigenvalue weighted by atomic mass is 9.84. The van der Waals surface area contributed by atoms with Gasteiger partial charge in [0.25, 0.3) is 0 Å². The molecule has 120 valence electrons. The van der Waals surface area contributed by atoms with Crippen LogP contribution in [-0.2, 0) is 4.79 Å². The van der Waals surface area contributed by atoms with Crippen molar-refractivity contribution in [3.05, 3.63) is 0 Å². The molecule has 2 bridgehead atoms. The van der Waals surface area contributed by atoms with Crippen LogP contribution in [0.25, 0.3) is 0 Å². The summed E-state index contributed by atoms with van der Waals surface area (Å²) in [5.74, 6) is 0.331. The van der Waals surface area contributed by atoms with Crippen LogP contribution >= 0.6 is 11.8 Å². The monoisotopic (exact) mass is 314 g/mol. The molecule has 0 spiro atoms. The average Bonchev–Trinajstić information content (AvgIpc) is 3.04. The Hall–Kier alpha value is -0.910. The molecular weight excluding hydrogens is 288 g/mol. The van der Waals surface area contributed by atoms with Crippen molar-refractivity contribution in [3.8, 4) is 0 Å². The Morgan fingerprint density at radius 3 is 2.62 bits per heavy atom. The Morgan fingerprint density at radius 1 is 1.38 bits per heavy atom. The molecule has 2 rings (SSSR count). The number of carboxylic acids is 1. The lowest BCUT2D eigenvalue weighted by molar-refractivity contribution is -0.144. The quantitative estimate of drug-likeness (QED) is 0.789. The van der Waals surface area contributed by atoms with Gasteiger partial charge in [0.2, 0.25) is 0 Å². The highest BCUT2D eigenvalue weighted by Crippen LogP contribution is 2.48. The molecule has 2 N–H and O–H groups in total. The third kappa shape index (κ3) is 3.30. The van der Waals surface area contributed by atoms with E-state index in [4.69, 9.17) is 0 Å². The summed E-state index contributed by atoms with van der Waals surface area (Å²) in [6.45, 7) is 2.07. The second-order valence-electron chi connectivity index (χ2n) is 6.30. The summed E-state index contributed by atoms with van der Waals surface area (Å²) in [5.41, 5.74) is 0. The van der Waals surface area contributed by atoms with Crippen LogP contribution in [-0.4, -0.2) is 53.1 Å². The molecule has 0 saturated heterocycles. The van der Waals surface area contributed by atoms with Gasteiger partial charge in [0.05, 0.1) is 5.92 Å². The van der Waals surface area contributed by atoms with E-state index < -0.39 is 11.9 Å². The molecule has 0 radical (unpaired) electrons. The fourth-order valence-electron chi connectivity index (χ4n) is 3.96. The SMILES string of the molecule is CCC(CSC)N(C)C(=O)NC1C2CCC(C2)C1C(=O)O. The molecule has 0 aromatic rings. The predicted molar refractivity (Wildman–Crippen MR) is 84.5 cm³/mol. The fraction of sp³-hybridized carbons (Fsp3) is 0.867. The van der Waals surface area contributed by atoms with Gasteiger partial charge in [-0.05, 0) is 43.8 Å². The molecule has 2 fully saturated rings. The molecule has 5 atom stereocenters. The molecule has 5 unspecified atom stereocenters. The van der Waals surface area contributed by atoms with Crippen LogP contribution < -0.4 is 5.32 Å². The van der Waals surface area contributed by atoms with Crippen molar-refractivity contribution < 1.29 is 14.7 Å². The van der Waals surface area contributed by atoms with Crippen LogP contribution in [0.1, 0.15) is 32.6 Å². The van der Waals surface area contributed by atoms with Crippen molar-refractivity contribution in [1.82, 2.24) is 10.2 Å². The van der Waals surface area contributed by atoms with Gasteiger partial charge in [-0.3, -0.25) is 4.79 Å². The summed E-state index contributed by atoms with van der Waals surface area (Å²) in [5, 5.41) is 12.4. The van der Waals surface area contributed by atoms with E-state index in [1.165, 1.54) is 0 Å². The lowest BCUT2D eigenvalue weighted by Crippen LogP contribution is -2.53. The topological polar surface area (TPSA) is 69.6 Å². The number of nitrogens with one attached hydrogen (secondary N) is 1. The zero-order valence-corrected chi connectivity index (χ0v) is 13.9. The molecule has 0 heterocycles. The predicted octanol–water partition coefficient (Wildman–Crippen LogP) is 2.27. The van der Waals surface area contributed by atoms with Crippen LogP contribution in [0.2, 0.25) is 0 Å². The normalized spacial score (nSPS) is 32.0. The Morgan fingerprint density at radius 2 is 2.05 bits per heavy atom. The summed E-state index contributed by atoms with van der Waals surface area (Å²) < 4.78 is 0. The van der Waals surface area contributed by atoms with E-state index in [-0.39, 0.29) is 24.0 Å². The maximum absolute atomic E-state index is 12.4. The van der Waals surface area contributed by atoms with Gasteiger partial charge in [-0.25, -0.2) is 4.79 Å². The van der Waals surface area contributed by atoms with Crippen LogP contribution in [0, 0.1) is 17.8 Å². The van der Waals surface area contributed by atoms with E-state index in [0.717, 1.165) is 31.4 Å².